The first kappa shape index (κ1) is 12.1. The minimum atomic E-state index is -0.570. The smallest absolute Gasteiger partial charge is 0.194 e. The van der Waals surface area contributed by atoms with Crippen molar-refractivity contribution >= 4 is 5.78 Å². The lowest BCUT2D eigenvalue weighted by Crippen LogP contribution is -2.47. The van der Waals surface area contributed by atoms with Crippen molar-refractivity contribution in [2.45, 2.75) is 31.8 Å². The molecule has 2 rings (SSSR count). The highest BCUT2D eigenvalue weighted by Crippen LogP contribution is 2.38. The summed E-state index contributed by atoms with van der Waals surface area (Å²) in [4.78, 5) is 12.4. The molecule has 1 aromatic carbocycles. The van der Waals surface area contributed by atoms with Crippen LogP contribution in [0.1, 0.15) is 35.2 Å². The van der Waals surface area contributed by atoms with Gasteiger partial charge in [-0.25, -0.2) is 0 Å². The van der Waals surface area contributed by atoms with E-state index in [0.717, 1.165) is 36.1 Å². The summed E-state index contributed by atoms with van der Waals surface area (Å²) in [5.41, 5.74) is 1.12. The van der Waals surface area contributed by atoms with Gasteiger partial charge in [-0.1, -0.05) is 0 Å². The Morgan fingerprint density at radius 2 is 2.00 bits per heavy atom. The summed E-state index contributed by atoms with van der Waals surface area (Å²) < 4.78 is 10.6. The molecule has 0 bridgehead atoms. The second-order valence-electron chi connectivity index (χ2n) is 4.56. The minimum Gasteiger partial charge on any atom is -0.497 e. The van der Waals surface area contributed by atoms with Crippen LogP contribution in [-0.2, 0) is 4.74 Å². The molecular formula is C14H18O3. The third-order valence-electron chi connectivity index (χ3n) is 3.64. The van der Waals surface area contributed by atoms with Gasteiger partial charge in [-0.05, 0) is 49.9 Å². The molecule has 0 amide bonds. The first-order valence-electron chi connectivity index (χ1n) is 5.87. The molecular weight excluding hydrogens is 216 g/mol. The number of methoxy groups -OCH3 is 2. The molecule has 1 aliphatic carbocycles. The van der Waals surface area contributed by atoms with Crippen LogP contribution < -0.4 is 4.74 Å². The number of benzene rings is 1. The zero-order chi connectivity index (χ0) is 12.5. The van der Waals surface area contributed by atoms with E-state index in [4.69, 9.17) is 9.47 Å². The van der Waals surface area contributed by atoms with E-state index >= 15 is 0 Å². The van der Waals surface area contributed by atoms with E-state index in [0.29, 0.717) is 0 Å². The summed E-state index contributed by atoms with van der Waals surface area (Å²) in [5.74, 6) is 0.880. The van der Waals surface area contributed by atoms with Crippen molar-refractivity contribution in [3.05, 3.63) is 29.3 Å². The second kappa shape index (κ2) is 4.49. The van der Waals surface area contributed by atoms with Crippen LogP contribution in [0.25, 0.3) is 0 Å². The largest absolute Gasteiger partial charge is 0.497 e. The van der Waals surface area contributed by atoms with E-state index in [1.54, 1.807) is 14.2 Å². The van der Waals surface area contributed by atoms with Crippen LogP contribution in [0.2, 0.25) is 0 Å². The SMILES string of the molecule is COc1ccc(C(=O)C2(OC)CCC2)c(C)c1. The molecule has 17 heavy (non-hydrogen) atoms. The van der Waals surface area contributed by atoms with Gasteiger partial charge in [-0.15, -0.1) is 0 Å². The fourth-order valence-corrected chi connectivity index (χ4v) is 2.29. The van der Waals surface area contributed by atoms with E-state index in [2.05, 4.69) is 0 Å². The molecule has 0 N–H and O–H groups in total. The molecule has 0 radical (unpaired) electrons. The van der Waals surface area contributed by atoms with E-state index in [9.17, 15) is 4.79 Å². The van der Waals surface area contributed by atoms with Crippen molar-refractivity contribution in [2.24, 2.45) is 0 Å². The summed E-state index contributed by atoms with van der Waals surface area (Å²) in [6, 6.07) is 5.53. The summed E-state index contributed by atoms with van der Waals surface area (Å²) in [7, 11) is 3.24. The van der Waals surface area contributed by atoms with E-state index in [1.165, 1.54) is 0 Å². The Morgan fingerprint density at radius 1 is 1.29 bits per heavy atom. The second-order valence-corrected chi connectivity index (χ2v) is 4.56. The normalized spacial score (nSPS) is 17.4. The summed E-state index contributed by atoms with van der Waals surface area (Å²) in [6.45, 7) is 1.93. The van der Waals surface area contributed by atoms with Gasteiger partial charge in [0.2, 0.25) is 0 Å². The predicted molar refractivity (Wildman–Crippen MR) is 65.7 cm³/mol. The van der Waals surface area contributed by atoms with Crippen LogP contribution in [0, 0.1) is 6.92 Å². The lowest BCUT2D eigenvalue weighted by atomic mass is 9.74. The molecule has 0 heterocycles. The van der Waals surface area contributed by atoms with Gasteiger partial charge in [0.05, 0.1) is 7.11 Å². The molecule has 0 aromatic heterocycles. The average molecular weight is 234 g/mol. The number of hydrogen-bond donors (Lipinski definition) is 0. The predicted octanol–water partition coefficient (Wildman–Crippen LogP) is 2.76. The third-order valence-corrected chi connectivity index (χ3v) is 3.64. The Labute approximate surface area is 102 Å². The number of hydrogen-bond acceptors (Lipinski definition) is 3. The standard InChI is InChI=1S/C14H18O3/c1-10-9-11(16-2)5-6-12(10)13(15)14(17-3)7-4-8-14/h5-6,9H,4,7-8H2,1-3H3. The number of aryl methyl sites for hydroxylation is 1. The Bertz CT molecular complexity index is 428. The molecule has 0 saturated heterocycles. The highest BCUT2D eigenvalue weighted by Gasteiger charge is 2.44. The zero-order valence-electron chi connectivity index (χ0n) is 10.6. The van der Waals surface area contributed by atoms with E-state index < -0.39 is 5.60 Å². The Kier molecular flexibility index (Phi) is 3.20. The molecule has 1 aliphatic rings. The highest BCUT2D eigenvalue weighted by molar-refractivity contribution is 6.04. The molecule has 92 valence electrons. The number of rotatable bonds is 4. The van der Waals surface area contributed by atoms with Crippen molar-refractivity contribution in [3.63, 3.8) is 0 Å². The Hall–Kier alpha value is -1.35. The van der Waals surface area contributed by atoms with Crippen LogP contribution in [0.15, 0.2) is 18.2 Å². The fraction of sp³-hybridized carbons (Fsp3) is 0.500. The quantitative estimate of drug-likeness (QED) is 0.751. The number of Topliss-reactive ketones (excluding diaryl/α,β-unsaturated/α-hetero) is 1. The van der Waals surface area contributed by atoms with Crippen LogP contribution in [0.5, 0.6) is 5.75 Å². The Balaban J connectivity index is 2.31. The fourth-order valence-electron chi connectivity index (χ4n) is 2.29. The monoisotopic (exact) mass is 234 g/mol. The molecule has 3 heteroatoms. The number of carbonyl (C=O) groups is 1. The molecule has 1 saturated carbocycles. The van der Waals surface area contributed by atoms with Gasteiger partial charge in [0.1, 0.15) is 11.4 Å². The third kappa shape index (κ3) is 1.95. The molecule has 0 spiro atoms. The van der Waals surface area contributed by atoms with Crippen molar-refractivity contribution in [2.75, 3.05) is 14.2 Å². The van der Waals surface area contributed by atoms with E-state index in [-0.39, 0.29) is 5.78 Å². The van der Waals surface area contributed by atoms with Gasteiger partial charge < -0.3 is 9.47 Å². The maximum Gasteiger partial charge on any atom is 0.194 e. The Morgan fingerprint density at radius 3 is 2.41 bits per heavy atom. The summed E-state index contributed by atoms with van der Waals surface area (Å²) in [5, 5.41) is 0. The van der Waals surface area contributed by atoms with E-state index in [1.807, 2.05) is 25.1 Å². The van der Waals surface area contributed by atoms with Crippen LogP contribution in [-0.4, -0.2) is 25.6 Å². The summed E-state index contributed by atoms with van der Waals surface area (Å²) in [6.07, 6.45) is 2.72. The number of ether oxygens (including phenoxy) is 2. The van der Waals surface area contributed by atoms with Crippen molar-refractivity contribution in [1.29, 1.82) is 0 Å². The van der Waals surface area contributed by atoms with Gasteiger partial charge in [0, 0.05) is 12.7 Å². The van der Waals surface area contributed by atoms with Gasteiger partial charge in [0.25, 0.3) is 0 Å². The van der Waals surface area contributed by atoms with Crippen molar-refractivity contribution in [1.82, 2.24) is 0 Å². The van der Waals surface area contributed by atoms with Crippen LogP contribution >= 0.6 is 0 Å². The lowest BCUT2D eigenvalue weighted by Gasteiger charge is -2.39. The molecule has 0 atom stereocenters. The first-order chi connectivity index (χ1) is 8.13. The van der Waals surface area contributed by atoms with Gasteiger partial charge in [-0.2, -0.15) is 0 Å². The molecule has 0 unspecified atom stereocenters. The topological polar surface area (TPSA) is 35.5 Å². The number of carbonyl (C=O) groups excluding carboxylic acids is 1. The van der Waals surface area contributed by atoms with Gasteiger partial charge >= 0.3 is 0 Å². The highest BCUT2D eigenvalue weighted by atomic mass is 16.5. The number of ketones is 1. The molecule has 1 fully saturated rings. The summed E-state index contributed by atoms with van der Waals surface area (Å²) >= 11 is 0. The van der Waals surface area contributed by atoms with Crippen molar-refractivity contribution < 1.29 is 14.3 Å². The average Bonchev–Trinajstić information content (AvgIpc) is 2.28. The van der Waals surface area contributed by atoms with Gasteiger partial charge in [0.15, 0.2) is 5.78 Å². The maximum absolute atomic E-state index is 12.4. The van der Waals surface area contributed by atoms with Crippen LogP contribution in [0.3, 0.4) is 0 Å². The first-order valence-corrected chi connectivity index (χ1v) is 5.87. The molecule has 3 nitrogen and oxygen atoms in total. The lowest BCUT2D eigenvalue weighted by molar-refractivity contribution is -0.0448. The van der Waals surface area contributed by atoms with Crippen LogP contribution in [0.4, 0.5) is 0 Å². The maximum atomic E-state index is 12.4. The molecule has 1 aromatic rings. The minimum absolute atomic E-state index is 0.103. The molecule has 0 aliphatic heterocycles. The van der Waals surface area contributed by atoms with Gasteiger partial charge in [-0.3, -0.25) is 4.79 Å². The zero-order valence-corrected chi connectivity index (χ0v) is 10.6. The van der Waals surface area contributed by atoms with Crippen molar-refractivity contribution in [3.8, 4) is 5.75 Å².